The van der Waals surface area contributed by atoms with Gasteiger partial charge in [0.05, 0.1) is 24.5 Å². The first-order valence-electron chi connectivity index (χ1n) is 10.2. The summed E-state index contributed by atoms with van der Waals surface area (Å²) >= 11 is 0. The first-order valence-corrected chi connectivity index (χ1v) is 10.2. The van der Waals surface area contributed by atoms with Crippen LogP contribution in [0.15, 0.2) is 73.3 Å². The molecule has 1 unspecified atom stereocenters. The maximum atomic E-state index is 12.8. The number of hydrogen-bond donors (Lipinski definition) is 1. The number of para-hydroxylation sites is 1. The van der Waals surface area contributed by atoms with Gasteiger partial charge in [-0.25, -0.2) is 9.78 Å². The zero-order valence-corrected chi connectivity index (χ0v) is 17.7. The lowest BCUT2D eigenvalue weighted by atomic mass is 10.2. The predicted octanol–water partition coefficient (Wildman–Crippen LogP) is 2.74. The summed E-state index contributed by atoms with van der Waals surface area (Å²) in [5.41, 5.74) is 9.00. The highest BCUT2D eigenvalue weighted by atomic mass is 16.5. The van der Waals surface area contributed by atoms with Crippen molar-refractivity contribution in [2.24, 2.45) is 5.73 Å². The minimum atomic E-state index is -0.777. The molecule has 2 aromatic carbocycles. The molecule has 8 nitrogen and oxygen atoms in total. The number of nitrogens with zero attached hydrogens (tertiary/aromatic N) is 3. The molecular weight excluding hydrogens is 408 g/mol. The van der Waals surface area contributed by atoms with Gasteiger partial charge in [-0.15, -0.1) is 0 Å². The monoisotopic (exact) mass is 432 g/mol. The Morgan fingerprint density at radius 1 is 1.06 bits per heavy atom. The van der Waals surface area contributed by atoms with Crippen molar-refractivity contribution in [1.29, 1.82) is 0 Å². The van der Waals surface area contributed by atoms with Crippen LogP contribution >= 0.6 is 0 Å². The zero-order valence-electron chi connectivity index (χ0n) is 17.7. The summed E-state index contributed by atoms with van der Waals surface area (Å²) in [6.45, 7) is 0.603. The number of carbonyl (C=O) groups is 2. The van der Waals surface area contributed by atoms with E-state index in [0.717, 1.165) is 22.2 Å². The van der Waals surface area contributed by atoms with Crippen LogP contribution in [-0.2, 0) is 34.0 Å². The van der Waals surface area contributed by atoms with Crippen LogP contribution in [0.1, 0.15) is 21.6 Å². The van der Waals surface area contributed by atoms with Gasteiger partial charge < -0.3 is 24.3 Å². The molecule has 4 aromatic rings. The van der Waals surface area contributed by atoms with Gasteiger partial charge in [-0.1, -0.05) is 48.5 Å². The fraction of sp³-hybridized carbons (Fsp3) is 0.208. The molecule has 32 heavy (non-hydrogen) atoms. The summed E-state index contributed by atoms with van der Waals surface area (Å²) in [4.78, 5) is 28.7. The van der Waals surface area contributed by atoms with E-state index in [9.17, 15) is 9.59 Å². The van der Waals surface area contributed by atoms with E-state index in [2.05, 4.69) is 4.98 Å². The summed E-state index contributed by atoms with van der Waals surface area (Å²) in [7, 11) is 1.31. The zero-order chi connectivity index (χ0) is 22.5. The van der Waals surface area contributed by atoms with Crippen molar-refractivity contribution in [3.8, 4) is 0 Å². The van der Waals surface area contributed by atoms with Gasteiger partial charge >= 0.3 is 11.9 Å². The van der Waals surface area contributed by atoms with Gasteiger partial charge in [0.25, 0.3) is 0 Å². The van der Waals surface area contributed by atoms with Crippen LogP contribution in [0.2, 0.25) is 0 Å². The Kier molecular flexibility index (Phi) is 6.32. The smallest absolute Gasteiger partial charge is 0.340 e. The summed E-state index contributed by atoms with van der Waals surface area (Å²) in [5.74, 6) is -0.866. The molecule has 0 radical (unpaired) electrons. The highest BCUT2D eigenvalue weighted by Gasteiger charge is 2.19. The standard InChI is InChI=1S/C24H24N4O4/c1-31-24(30)21(25)11-18-12-26-15-28(18)16-27-13-20(19-9-5-6-10-22(19)27)23(29)32-14-17-7-3-2-4-8-17/h2-10,12-13,15,21H,11,14,16,25H2,1H3. The molecule has 4 rings (SSSR count). The molecule has 0 aliphatic carbocycles. The van der Waals surface area contributed by atoms with E-state index in [-0.39, 0.29) is 19.0 Å². The maximum absolute atomic E-state index is 12.8. The van der Waals surface area contributed by atoms with E-state index in [1.54, 1.807) is 18.7 Å². The highest BCUT2D eigenvalue weighted by Crippen LogP contribution is 2.23. The lowest BCUT2D eigenvalue weighted by molar-refractivity contribution is -0.142. The molecule has 0 fully saturated rings. The van der Waals surface area contributed by atoms with E-state index in [4.69, 9.17) is 15.2 Å². The van der Waals surface area contributed by atoms with Gasteiger partial charge in [0.2, 0.25) is 0 Å². The van der Waals surface area contributed by atoms with E-state index < -0.39 is 12.0 Å². The number of nitrogens with two attached hydrogens (primary N) is 1. The van der Waals surface area contributed by atoms with Crippen LogP contribution in [0.5, 0.6) is 0 Å². The van der Waals surface area contributed by atoms with Gasteiger partial charge in [-0.05, 0) is 11.6 Å². The van der Waals surface area contributed by atoms with E-state index in [0.29, 0.717) is 12.2 Å². The molecular formula is C24H24N4O4. The van der Waals surface area contributed by atoms with Crippen LogP contribution in [0.4, 0.5) is 0 Å². The Morgan fingerprint density at radius 3 is 2.59 bits per heavy atom. The van der Waals surface area contributed by atoms with E-state index in [1.165, 1.54) is 7.11 Å². The van der Waals surface area contributed by atoms with Gasteiger partial charge in [0.15, 0.2) is 0 Å². The van der Waals surface area contributed by atoms with Gasteiger partial charge in [0, 0.05) is 29.9 Å². The average Bonchev–Trinajstić information content (AvgIpc) is 3.42. The summed E-state index contributed by atoms with van der Waals surface area (Å²) in [5, 5.41) is 0.804. The van der Waals surface area contributed by atoms with E-state index >= 15 is 0 Å². The number of carbonyl (C=O) groups excluding carboxylic acids is 2. The normalized spacial score (nSPS) is 11.9. The molecule has 0 bridgehead atoms. The van der Waals surface area contributed by atoms with Crippen molar-refractivity contribution in [1.82, 2.24) is 14.1 Å². The average molecular weight is 432 g/mol. The van der Waals surface area contributed by atoms with Crippen molar-refractivity contribution >= 4 is 22.8 Å². The van der Waals surface area contributed by atoms with Crippen molar-refractivity contribution in [3.05, 3.63) is 90.1 Å². The first kappa shape index (κ1) is 21.3. The van der Waals surface area contributed by atoms with Crippen LogP contribution < -0.4 is 5.73 Å². The molecule has 2 aromatic heterocycles. The number of ether oxygens (including phenoxy) is 2. The van der Waals surface area contributed by atoms with Gasteiger partial charge in [-0.3, -0.25) is 4.79 Å². The number of fused-ring (bicyclic) bond motifs is 1. The van der Waals surface area contributed by atoms with Crippen molar-refractivity contribution < 1.29 is 19.1 Å². The molecule has 2 N–H and O–H groups in total. The number of benzene rings is 2. The van der Waals surface area contributed by atoms with E-state index in [1.807, 2.05) is 63.7 Å². The molecule has 0 saturated heterocycles. The number of hydrogen-bond acceptors (Lipinski definition) is 6. The van der Waals surface area contributed by atoms with Crippen LogP contribution in [0, 0.1) is 0 Å². The topological polar surface area (TPSA) is 101 Å². The molecule has 164 valence electrons. The summed E-state index contributed by atoms with van der Waals surface area (Å²) in [6, 6.07) is 16.4. The quantitative estimate of drug-likeness (QED) is 0.430. The fourth-order valence-corrected chi connectivity index (χ4v) is 3.60. The Bertz CT molecular complexity index is 1230. The summed E-state index contributed by atoms with van der Waals surface area (Å²) in [6.07, 6.45) is 5.41. The third kappa shape index (κ3) is 4.55. The minimum absolute atomic E-state index is 0.205. The molecule has 0 amide bonds. The SMILES string of the molecule is COC(=O)C(N)Cc1cncn1Cn1cc(C(=O)OCc2ccccc2)c2ccccc21. The molecule has 2 heterocycles. The third-order valence-corrected chi connectivity index (χ3v) is 5.26. The Morgan fingerprint density at radius 2 is 1.81 bits per heavy atom. The van der Waals surface area contributed by atoms with Crippen molar-refractivity contribution in [3.63, 3.8) is 0 Å². The molecule has 0 spiro atoms. The number of aromatic nitrogens is 3. The highest BCUT2D eigenvalue weighted by molar-refractivity contribution is 6.04. The van der Waals surface area contributed by atoms with Crippen LogP contribution in [0.25, 0.3) is 10.9 Å². The number of imidazole rings is 1. The Balaban J connectivity index is 1.57. The summed E-state index contributed by atoms with van der Waals surface area (Å²) < 4.78 is 14.1. The van der Waals surface area contributed by atoms with Crippen LogP contribution in [0.3, 0.4) is 0 Å². The lowest BCUT2D eigenvalue weighted by Crippen LogP contribution is -2.34. The number of esters is 2. The Labute approximate surface area is 185 Å². The second-order valence-corrected chi connectivity index (χ2v) is 7.42. The van der Waals surface area contributed by atoms with Crippen LogP contribution in [-0.4, -0.2) is 39.2 Å². The molecule has 0 saturated carbocycles. The third-order valence-electron chi connectivity index (χ3n) is 5.26. The Hall–Kier alpha value is -3.91. The fourth-order valence-electron chi connectivity index (χ4n) is 3.60. The molecule has 8 heteroatoms. The largest absolute Gasteiger partial charge is 0.468 e. The maximum Gasteiger partial charge on any atom is 0.340 e. The van der Waals surface area contributed by atoms with Gasteiger partial charge in [-0.2, -0.15) is 0 Å². The second kappa shape index (κ2) is 9.49. The van der Waals surface area contributed by atoms with Crippen molar-refractivity contribution in [2.75, 3.05) is 7.11 Å². The number of rotatable bonds is 8. The molecule has 0 aliphatic rings. The molecule has 1 atom stereocenters. The van der Waals surface area contributed by atoms with Crippen molar-refractivity contribution in [2.45, 2.75) is 25.7 Å². The first-order chi connectivity index (χ1) is 15.6. The van der Waals surface area contributed by atoms with Gasteiger partial charge in [0.1, 0.15) is 19.3 Å². The molecule has 0 aliphatic heterocycles. The second-order valence-electron chi connectivity index (χ2n) is 7.42. The minimum Gasteiger partial charge on any atom is -0.468 e. The number of methoxy groups -OCH3 is 1. The lowest BCUT2D eigenvalue weighted by Gasteiger charge is -2.13. The predicted molar refractivity (Wildman–Crippen MR) is 119 cm³/mol.